The summed E-state index contributed by atoms with van der Waals surface area (Å²) in [6, 6.07) is 9.41. The minimum Gasteiger partial charge on any atom is -0.497 e. The summed E-state index contributed by atoms with van der Waals surface area (Å²) in [5, 5.41) is 8.71. The van der Waals surface area contributed by atoms with Gasteiger partial charge >= 0.3 is 0 Å². The van der Waals surface area contributed by atoms with Crippen molar-refractivity contribution in [1.29, 1.82) is 0 Å². The minimum absolute atomic E-state index is 0.197. The third-order valence-corrected chi connectivity index (χ3v) is 4.48. The highest BCUT2D eigenvalue weighted by Crippen LogP contribution is 2.26. The molecule has 108 valence electrons. The molecule has 1 aromatic heterocycles. The fraction of sp³-hybridized carbons (Fsp3) is 0.231. The van der Waals surface area contributed by atoms with Crippen molar-refractivity contribution in [1.82, 2.24) is 0 Å². The van der Waals surface area contributed by atoms with Crippen molar-refractivity contribution < 1.29 is 22.7 Å². The van der Waals surface area contributed by atoms with Crippen LogP contribution in [0.3, 0.4) is 0 Å². The standard InChI is InChI=1S/C13H15NO5S/c1-14(10-4-3-5-11(8-10)18-2)20(16,17)13-7-6-12(9-15)19-13/h3-8,15H,9H2,1-2H3. The highest BCUT2D eigenvalue weighted by Gasteiger charge is 2.25. The Balaban J connectivity index is 2.37. The lowest BCUT2D eigenvalue weighted by Gasteiger charge is -2.18. The van der Waals surface area contributed by atoms with E-state index in [1.807, 2.05) is 0 Å². The molecule has 0 fully saturated rings. The predicted octanol–water partition coefficient (Wildman–Crippen LogP) is 1.61. The van der Waals surface area contributed by atoms with Gasteiger partial charge in [0.1, 0.15) is 18.1 Å². The van der Waals surface area contributed by atoms with E-state index in [1.165, 1.54) is 26.3 Å². The molecule has 0 spiro atoms. The van der Waals surface area contributed by atoms with Crippen LogP contribution in [0.25, 0.3) is 0 Å². The number of nitrogens with zero attached hydrogens (tertiary/aromatic N) is 1. The molecular weight excluding hydrogens is 282 g/mol. The van der Waals surface area contributed by atoms with Crippen LogP contribution in [0.15, 0.2) is 45.9 Å². The number of hydrogen-bond donors (Lipinski definition) is 1. The number of aliphatic hydroxyl groups is 1. The van der Waals surface area contributed by atoms with Gasteiger partial charge in [-0.1, -0.05) is 6.07 Å². The van der Waals surface area contributed by atoms with Crippen LogP contribution in [-0.2, 0) is 16.6 Å². The Labute approximate surface area is 117 Å². The quantitative estimate of drug-likeness (QED) is 0.907. The smallest absolute Gasteiger partial charge is 0.297 e. The van der Waals surface area contributed by atoms with Gasteiger partial charge < -0.3 is 14.3 Å². The zero-order valence-electron chi connectivity index (χ0n) is 11.1. The van der Waals surface area contributed by atoms with Gasteiger partial charge in [0.05, 0.1) is 12.8 Å². The van der Waals surface area contributed by atoms with Crippen molar-refractivity contribution in [2.24, 2.45) is 0 Å². The van der Waals surface area contributed by atoms with E-state index in [0.717, 1.165) is 4.31 Å². The molecule has 1 N–H and O–H groups in total. The van der Waals surface area contributed by atoms with Gasteiger partial charge in [0.2, 0.25) is 5.09 Å². The van der Waals surface area contributed by atoms with Crippen molar-refractivity contribution >= 4 is 15.7 Å². The third-order valence-electron chi connectivity index (χ3n) is 2.82. The summed E-state index contributed by atoms with van der Waals surface area (Å²) in [4.78, 5) is 0. The van der Waals surface area contributed by atoms with E-state index in [4.69, 9.17) is 14.3 Å². The van der Waals surface area contributed by atoms with E-state index in [9.17, 15) is 8.42 Å². The molecule has 0 atom stereocenters. The first-order chi connectivity index (χ1) is 9.48. The lowest BCUT2D eigenvalue weighted by atomic mass is 10.3. The minimum atomic E-state index is -3.81. The fourth-order valence-electron chi connectivity index (χ4n) is 1.66. The zero-order valence-corrected chi connectivity index (χ0v) is 11.9. The van der Waals surface area contributed by atoms with Gasteiger partial charge in [-0.25, -0.2) is 0 Å². The van der Waals surface area contributed by atoms with Crippen LogP contribution in [-0.4, -0.2) is 27.7 Å². The topological polar surface area (TPSA) is 80.0 Å². The molecule has 0 aliphatic heterocycles. The van der Waals surface area contributed by atoms with Crippen LogP contribution in [0.4, 0.5) is 5.69 Å². The van der Waals surface area contributed by atoms with Crippen LogP contribution in [0.2, 0.25) is 0 Å². The molecule has 0 saturated carbocycles. The molecule has 0 saturated heterocycles. The van der Waals surface area contributed by atoms with Crippen LogP contribution in [0.1, 0.15) is 5.76 Å². The lowest BCUT2D eigenvalue weighted by Crippen LogP contribution is -2.26. The maximum Gasteiger partial charge on any atom is 0.297 e. The van der Waals surface area contributed by atoms with Gasteiger partial charge in [0, 0.05) is 13.1 Å². The fourth-order valence-corrected chi connectivity index (χ4v) is 2.78. The van der Waals surface area contributed by atoms with E-state index in [2.05, 4.69) is 0 Å². The maximum absolute atomic E-state index is 12.4. The average molecular weight is 297 g/mol. The molecule has 6 nitrogen and oxygen atoms in total. The third kappa shape index (κ3) is 2.63. The summed E-state index contributed by atoms with van der Waals surface area (Å²) in [6.45, 7) is -0.349. The Bertz CT molecular complexity index is 692. The maximum atomic E-state index is 12.4. The normalized spacial score (nSPS) is 11.3. The first-order valence-electron chi connectivity index (χ1n) is 5.81. The second kappa shape index (κ2) is 5.56. The number of ether oxygens (including phenoxy) is 1. The van der Waals surface area contributed by atoms with E-state index in [-0.39, 0.29) is 17.5 Å². The second-order valence-corrected chi connectivity index (χ2v) is 5.95. The molecule has 20 heavy (non-hydrogen) atoms. The first-order valence-corrected chi connectivity index (χ1v) is 7.25. The van der Waals surface area contributed by atoms with E-state index < -0.39 is 10.0 Å². The Morgan fingerprint density at radius 2 is 2.05 bits per heavy atom. The molecule has 0 unspecified atom stereocenters. The van der Waals surface area contributed by atoms with Crippen LogP contribution in [0.5, 0.6) is 5.75 Å². The Morgan fingerprint density at radius 1 is 1.30 bits per heavy atom. The molecule has 0 amide bonds. The molecule has 7 heteroatoms. The molecular formula is C13H15NO5S. The summed E-state index contributed by atoms with van der Waals surface area (Å²) in [5.74, 6) is 0.752. The summed E-state index contributed by atoms with van der Waals surface area (Å²) in [6.07, 6.45) is 0. The zero-order chi connectivity index (χ0) is 14.8. The van der Waals surface area contributed by atoms with E-state index in [1.54, 1.807) is 24.3 Å². The van der Waals surface area contributed by atoms with Crippen molar-refractivity contribution in [3.05, 3.63) is 42.2 Å². The number of anilines is 1. The van der Waals surface area contributed by atoms with Crippen LogP contribution < -0.4 is 9.04 Å². The van der Waals surface area contributed by atoms with Gasteiger partial charge in [-0.2, -0.15) is 8.42 Å². The molecule has 2 rings (SSSR count). The van der Waals surface area contributed by atoms with Gasteiger partial charge in [-0.15, -0.1) is 0 Å². The number of hydrogen-bond acceptors (Lipinski definition) is 5. The number of sulfonamides is 1. The predicted molar refractivity (Wildman–Crippen MR) is 73.2 cm³/mol. The van der Waals surface area contributed by atoms with E-state index in [0.29, 0.717) is 11.4 Å². The number of methoxy groups -OCH3 is 1. The monoisotopic (exact) mass is 297 g/mol. The van der Waals surface area contributed by atoms with Gasteiger partial charge in [-0.05, 0) is 24.3 Å². The van der Waals surface area contributed by atoms with Crippen molar-refractivity contribution in [3.63, 3.8) is 0 Å². The second-order valence-electron chi connectivity index (χ2n) is 4.05. The van der Waals surface area contributed by atoms with Crippen molar-refractivity contribution in [2.45, 2.75) is 11.7 Å². The van der Waals surface area contributed by atoms with Crippen molar-refractivity contribution in [2.75, 3.05) is 18.5 Å². The van der Waals surface area contributed by atoms with Gasteiger partial charge in [0.25, 0.3) is 10.0 Å². The highest BCUT2D eigenvalue weighted by atomic mass is 32.2. The van der Waals surface area contributed by atoms with Gasteiger partial charge in [0.15, 0.2) is 0 Å². The summed E-state index contributed by atoms with van der Waals surface area (Å²) in [5.41, 5.74) is 0.450. The molecule has 0 bridgehead atoms. The van der Waals surface area contributed by atoms with Gasteiger partial charge in [-0.3, -0.25) is 4.31 Å². The molecule has 0 aliphatic carbocycles. The highest BCUT2D eigenvalue weighted by molar-refractivity contribution is 7.92. The number of furan rings is 1. The molecule has 1 heterocycles. The number of rotatable bonds is 5. The average Bonchev–Trinajstić information content (AvgIpc) is 2.96. The van der Waals surface area contributed by atoms with Crippen LogP contribution in [0, 0.1) is 0 Å². The summed E-state index contributed by atoms with van der Waals surface area (Å²) >= 11 is 0. The van der Waals surface area contributed by atoms with Crippen LogP contribution >= 0.6 is 0 Å². The summed E-state index contributed by atoms with van der Waals surface area (Å²) < 4.78 is 36.0. The van der Waals surface area contributed by atoms with Crippen molar-refractivity contribution in [3.8, 4) is 5.75 Å². The number of benzene rings is 1. The lowest BCUT2D eigenvalue weighted by molar-refractivity contribution is 0.236. The molecule has 2 aromatic rings. The number of aliphatic hydroxyl groups excluding tert-OH is 1. The molecule has 0 radical (unpaired) electrons. The first kappa shape index (κ1) is 14.4. The van der Waals surface area contributed by atoms with E-state index >= 15 is 0 Å². The molecule has 1 aromatic carbocycles. The molecule has 0 aliphatic rings. The SMILES string of the molecule is COc1cccc(N(C)S(=O)(=O)c2ccc(CO)o2)c1. The summed E-state index contributed by atoms with van der Waals surface area (Å²) in [7, 11) is -0.877. The Hall–Kier alpha value is -1.99. The largest absolute Gasteiger partial charge is 0.497 e. The Morgan fingerprint density at radius 3 is 2.65 bits per heavy atom. The Kier molecular flexibility index (Phi) is 4.01.